The van der Waals surface area contributed by atoms with E-state index in [9.17, 15) is 14.0 Å². The van der Waals surface area contributed by atoms with Crippen molar-refractivity contribution in [3.63, 3.8) is 0 Å². The zero-order valence-electron chi connectivity index (χ0n) is 21.0. The average Bonchev–Trinajstić information content (AvgIpc) is 3.42. The number of hydrogen-bond donors (Lipinski definition) is 1. The van der Waals surface area contributed by atoms with Crippen molar-refractivity contribution < 1.29 is 14.0 Å². The highest BCUT2D eigenvalue weighted by molar-refractivity contribution is 7.99. The van der Waals surface area contributed by atoms with Crippen LogP contribution in [0.4, 0.5) is 4.39 Å². The van der Waals surface area contributed by atoms with Gasteiger partial charge in [0.15, 0.2) is 0 Å². The fourth-order valence-corrected chi connectivity index (χ4v) is 6.08. The molecular formula is C30H31Cl2FN2O2S. The third-order valence-corrected chi connectivity index (χ3v) is 8.47. The first-order valence-electron chi connectivity index (χ1n) is 12.8. The molecule has 38 heavy (non-hydrogen) atoms. The van der Waals surface area contributed by atoms with Crippen LogP contribution in [-0.4, -0.2) is 34.6 Å². The van der Waals surface area contributed by atoms with E-state index in [-0.39, 0.29) is 36.0 Å². The van der Waals surface area contributed by atoms with Gasteiger partial charge in [0.25, 0.3) is 0 Å². The summed E-state index contributed by atoms with van der Waals surface area (Å²) in [5.74, 6) is 0.0530. The van der Waals surface area contributed by atoms with Crippen molar-refractivity contribution >= 4 is 46.8 Å². The maximum atomic E-state index is 13.8. The molecule has 0 aliphatic heterocycles. The predicted molar refractivity (Wildman–Crippen MR) is 154 cm³/mol. The Labute approximate surface area is 237 Å². The van der Waals surface area contributed by atoms with E-state index in [0.29, 0.717) is 27.8 Å². The molecule has 1 fully saturated rings. The first kappa shape index (κ1) is 28.5. The zero-order chi connectivity index (χ0) is 26.9. The van der Waals surface area contributed by atoms with E-state index in [0.717, 1.165) is 36.8 Å². The number of nitrogens with zero attached hydrogens (tertiary/aromatic N) is 1. The van der Waals surface area contributed by atoms with Crippen molar-refractivity contribution in [3.05, 3.63) is 105 Å². The molecule has 2 amide bonds. The lowest BCUT2D eigenvalue weighted by Gasteiger charge is -2.33. The van der Waals surface area contributed by atoms with Crippen LogP contribution < -0.4 is 5.32 Å². The van der Waals surface area contributed by atoms with Crippen LogP contribution in [0.25, 0.3) is 0 Å². The molecular weight excluding hydrogens is 542 g/mol. The smallest absolute Gasteiger partial charge is 0.243 e. The fourth-order valence-electron chi connectivity index (χ4n) is 4.69. The molecule has 0 saturated heterocycles. The molecule has 1 N–H and O–H groups in total. The molecule has 8 heteroatoms. The van der Waals surface area contributed by atoms with Gasteiger partial charge in [-0.3, -0.25) is 9.59 Å². The van der Waals surface area contributed by atoms with Crippen LogP contribution in [0.2, 0.25) is 10.0 Å². The maximum absolute atomic E-state index is 13.8. The highest BCUT2D eigenvalue weighted by Crippen LogP contribution is 2.28. The molecule has 1 atom stereocenters. The number of halogens is 3. The van der Waals surface area contributed by atoms with Crippen LogP contribution in [0.15, 0.2) is 72.8 Å². The Bertz CT molecular complexity index is 1200. The van der Waals surface area contributed by atoms with E-state index in [1.165, 1.54) is 23.9 Å². The van der Waals surface area contributed by atoms with Crippen LogP contribution in [0.3, 0.4) is 0 Å². The molecule has 0 aromatic heterocycles. The number of nitrogens with one attached hydrogen (secondary N) is 1. The summed E-state index contributed by atoms with van der Waals surface area (Å²) in [4.78, 5) is 29.1. The summed E-state index contributed by atoms with van der Waals surface area (Å²) in [5.41, 5.74) is 2.49. The molecule has 4 nitrogen and oxygen atoms in total. The quantitative estimate of drug-likeness (QED) is 0.267. The van der Waals surface area contributed by atoms with Gasteiger partial charge in [-0.15, -0.1) is 11.8 Å². The van der Waals surface area contributed by atoms with E-state index < -0.39 is 6.04 Å². The third kappa shape index (κ3) is 7.98. The minimum Gasteiger partial charge on any atom is -0.352 e. The van der Waals surface area contributed by atoms with Crippen LogP contribution in [-0.2, 0) is 28.3 Å². The predicted octanol–water partition coefficient (Wildman–Crippen LogP) is 7.06. The first-order valence-corrected chi connectivity index (χ1v) is 14.7. The summed E-state index contributed by atoms with van der Waals surface area (Å²) in [7, 11) is 0. The van der Waals surface area contributed by atoms with Gasteiger partial charge in [0.2, 0.25) is 11.8 Å². The SMILES string of the molecule is O=C(NC1CCCC1)C(Cc1ccccc1)N(Cc1c(Cl)cccc1Cl)C(=O)CSCc1ccc(F)cc1. The molecule has 200 valence electrons. The second-order valence-corrected chi connectivity index (χ2v) is 11.3. The van der Waals surface area contributed by atoms with Gasteiger partial charge in [-0.05, 0) is 48.2 Å². The van der Waals surface area contributed by atoms with E-state index >= 15 is 0 Å². The van der Waals surface area contributed by atoms with Crippen molar-refractivity contribution in [3.8, 4) is 0 Å². The average molecular weight is 574 g/mol. The lowest BCUT2D eigenvalue weighted by Crippen LogP contribution is -2.52. The summed E-state index contributed by atoms with van der Waals surface area (Å²) in [6.45, 7) is 0.115. The number of benzene rings is 3. The number of carbonyl (C=O) groups excluding carboxylic acids is 2. The van der Waals surface area contributed by atoms with E-state index in [1.807, 2.05) is 30.3 Å². The van der Waals surface area contributed by atoms with Crippen molar-refractivity contribution in [1.82, 2.24) is 10.2 Å². The monoisotopic (exact) mass is 572 g/mol. The van der Waals surface area contributed by atoms with Gasteiger partial charge in [0.05, 0.1) is 5.75 Å². The second-order valence-electron chi connectivity index (χ2n) is 9.54. The number of hydrogen-bond acceptors (Lipinski definition) is 3. The lowest BCUT2D eigenvalue weighted by atomic mass is 10.0. The van der Waals surface area contributed by atoms with Crippen molar-refractivity contribution in [2.75, 3.05) is 5.75 Å². The van der Waals surface area contributed by atoms with Crippen LogP contribution >= 0.6 is 35.0 Å². The summed E-state index contributed by atoms with van der Waals surface area (Å²) < 4.78 is 13.3. The number of thioether (sulfide) groups is 1. The highest BCUT2D eigenvalue weighted by atomic mass is 35.5. The summed E-state index contributed by atoms with van der Waals surface area (Å²) in [6, 6.07) is 20.6. The topological polar surface area (TPSA) is 49.4 Å². The third-order valence-electron chi connectivity index (χ3n) is 6.77. The summed E-state index contributed by atoms with van der Waals surface area (Å²) >= 11 is 14.4. The van der Waals surface area contributed by atoms with Gasteiger partial charge in [0.1, 0.15) is 11.9 Å². The van der Waals surface area contributed by atoms with Gasteiger partial charge in [-0.25, -0.2) is 4.39 Å². The van der Waals surface area contributed by atoms with Crippen molar-refractivity contribution in [2.24, 2.45) is 0 Å². The molecule has 0 radical (unpaired) electrons. The lowest BCUT2D eigenvalue weighted by molar-refractivity contribution is -0.139. The molecule has 1 unspecified atom stereocenters. The largest absolute Gasteiger partial charge is 0.352 e. The Kier molecular flexibility index (Phi) is 10.5. The van der Waals surface area contributed by atoms with Gasteiger partial charge >= 0.3 is 0 Å². The zero-order valence-corrected chi connectivity index (χ0v) is 23.4. The normalized spacial score (nSPS) is 14.3. The number of carbonyl (C=O) groups is 2. The van der Waals surface area contributed by atoms with Crippen LogP contribution in [0, 0.1) is 5.82 Å². The van der Waals surface area contributed by atoms with E-state index in [2.05, 4.69) is 5.32 Å². The van der Waals surface area contributed by atoms with Crippen LogP contribution in [0.1, 0.15) is 42.4 Å². The highest BCUT2D eigenvalue weighted by Gasteiger charge is 2.32. The standard InChI is InChI=1S/C30H31Cl2FN2O2S/c31-26-11-6-12-27(32)25(26)18-35(29(36)20-38-19-22-13-15-23(33)16-14-22)28(17-21-7-2-1-3-8-21)30(37)34-24-9-4-5-10-24/h1-3,6-8,11-16,24,28H,4-5,9-10,17-20H2,(H,34,37). The molecule has 1 saturated carbocycles. The Balaban J connectivity index is 1.59. The van der Waals surface area contributed by atoms with Crippen molar-refractivity contribution in [2.45, 2.75) is 56.5 Å². The molecule has 1 aliphatic carbocycles. The van der Waals surface area contributed by atoms with Gasteiger partial charge in [-0.1, -0.05) is 84.6 Å². The van der Waals surface area contributed by atoms with Crippen LogP contribution in [0.5, 0.6) is 0 Å². The molecule has 0 spiro atoms. The Morgan fingerprint density at radius 2 is 1.58 bits per heavy atom. The summed E-state index contributed by atoms with van der Waals surface area (Å²) in [5, 5.41) is 4.09. The second kappa shape index (κ2) is 14.0. The van der Waals surface area contributed by atoms with Gasteiger partial charge in [0, 0.05) is 40.4 Å². The minimum absolute atomic E-state index is 0.115. The minimum atomic E-state index is -0.732. The summed E-state index contributed by atoms with van der Waals surface area (Å²) in [6.07, 6.45) is 4.44. The molecule has 3 aromatic rings. The fraction of sp³-hybridized carbons (Fsp3) is 0.333. The van der Waals surface area contributed by atoms with E-state index in [4.69, 9.17) is 23.2 Å². The number of rotatable bonds is 11. The van der Waals surface area contributed by atoms with Crippen molar-refractivity contribution in [1.29, 1.82) is 0 Å². The molecule has 0 bridgehead atoms. The molecule has 1 aliphatic rings. The Morgan fingerprint density at radius 3 is 2.24 bits per heavy atom. The maximum Gasteiger partial charge on any atom is 0.243 e. The van der Waals surface area contributed by atoms with Gasteiger partial charge < -0.3 is 10.2 Å². The molecule has 0 heterocycles. The molecule has 3 aromatic carbocycles. The Morgan fingerprint density at radius 1 is 0.921 bits per heavy atom. The van der Waals surface area contributed by atoms with Gasteiger partial charge in [-0.2, -0.15) is 0 Å². The Hall–Kier alpha value is -2.54. The first-order chi connectivity index (χ1) is 18.4. The van der Waals surface area contributed by atoms with E-state index in [1.54, 1.807) is 35.2 Å². The number of amides is 2. The molecule has 4 rings (SSSR count).